The van der Waals surface area contributed by atoms with E-state index < -0.39 is 11.8 Å². The Balaban J connectivity index is 1.41. The van der Waals surface area contributed by atoms with E-state index in [1.165, 1.54) is 18.2 Å². The second-order valence-corrected chi connectivity index (χ2v) is 9.53. The predicted molar refractivity (Wildman–Crippen MR) is 135 cm³/mol. The van der Waals surface area contributed by atoms with Crippen molar-refractivity contribution >= 4 is 29.2 Å². The lowest BCUT2D eigenvalue weighted by Crippen LogP contribution is -2.44. The summed E-state index contributed by atoms with van der Waals surface area (Å²) in [6, 6.07) is 12.7. The van der Waals surface area contributed by atoms with E-state index in [1.54, 1.807) is 29.1 Å². The average Bonchev–Trinajstić information content (AvgIpc) is 3.28. The van der Waals surface area contributed by atoms with Crippen LogP contribution in [0.2, 0.25) is 5.02 Å². The minimum Gasteiger partial charge on any atom is -0.338 e. The van der Waals surface area contributed by atoms with Crippen LogP contribution in [-0.4, -0.2) is 46.3 Å². The fourth-order valence-electron chi connectivity index (χ4n) is 4.43. The summed E-state index contributed by atoms with van der Waals surface area (Å²) in [4.78, 5) is 27.6. The topological polar surface area (TPSA) is 79.3 Å². The molecule has 1 aliphatic rings. The number of likely N-dealkylation sites (tertiary alicyclic amines) is 1. The van der Waals surface area contributed by atoms with E-state index in [4.69, 9.17) is 11.6 Å². The third kappa shape index (κ3) is 6.00. The van der Waals surface area contributed by atoms with Gasteiger partial charge in [0, 0.05) is 30.3 Å². The SMILES string of the molecule is CC(C)c1c(C(=O)N2CCCC(CNC(=O)Nc3cccc(F)c3)C2)cnn1-c1ccc(Cl)cc1. The normalized spacial score (nSPS) is 15.8. The van der Waals surface area contributed by atoms with Crippen LogP contribution in [0.15, 0.2) is 54.7 Å². The number of hydrogen-bond acceptors (Lipinski definition) is 3. The molecule has 1 unspecified atom stereocenters. The maximum atomic E-state index is 13.5. The molecule has 2 N–H and O–H groups in total. The Hall–Kier alpha value is -3.39. The first-order valence-electron chi connectivity index (χ1n) is 11.8. The van der Waals surface area contributed by atoms with Gasteiger partial charge in [-0.3, -0.25) is 4.79 Å². The average molecular weight is 498 g/mol. The van der Waals surface area contributed by atoms with Gasteiger partial charge in [-0.2, -0.15) is 5.10 Å². The van der Waals surface area contributed by atoms with Crippen molar-refractivity contribution in [1.29, 1.82) is 0 Å². The van der Waals surface area contributed by atoms with Crippen LogP contribution in [0.25, 0.3) is 5.69 Å². The Kier molecular flexibility index (Phi) is 7.70. The molecule has 0 bridgehead atoms. The highest BCUT2D eigenvalue weighted by molar-refractivity contribution is 6.30. The number of halogens is 2. The van der Waals surface area contributed by atoms with E-state index in [0.29, 0.717) is 35.9 Å². The summed E-state index contributed by atoms with van der Waals surface area (Å²) >= 11 is 6.03. The first kappa shape index (κ1) is 24.7. The predicted octanol–water partition coefficient (Wildman–Crippen LogP) is 5.46. The lowest BCUT2D eigenvalue weighted by Gasteiger charge is -2.33. The van der Waals surface area contributed by atoms with Gasteiger partial charge in [0.25, 0.3) is 5.91 Å². The number of carbonyl (C=O) groups is 2. The zero-order valence-corrected chi connectivity index (χ0v) is 20.6. The molecule has 0 saturated carbocycles. The Labute approximate surface area is 209 Å². The van der Waals surface area contributed by atoms with Crippen LogP contribution in [0, 0.1) is 11.7 Å². The zero-order valence-electron chi connectivity index (χ0n) is 19.8. The smallest absolute Gasteiger partial charge is 0.319 e. The number of piperidine rings is 1. The third-order valence-corrected chi connectivity index (χ3v) is 6.35. The molecule has 2 heterocycles. The quantitative estimate of drug-likeness (QED) is 0.474. The fourth-order valence-corrected chi connectivity index (χ4v) is 4.56. The molecule has 4 rings (SSSR count). The van der Waals surface area contributed by atoms with Crippen LogP contribution < -0.4 is 10.6 Å². The maximum Gasteiger partial charge on any atom is 0.319 e. The summed E-state index contributed by atoms with van der Waals surface area (Å²) in [5.74, 6) is -0.257. The molecule has 2 aromatic carbocycles. The Morgan fingerprint density at radius 3 is 2.69 bits per heavy atom. The van der Waals surface area contributed by atoms with Crippen LogP contribution >= 0.6 is 11.6 Å². The van der Waals surface area contributed by atoms with Gasteiger partial charge in [0.15, 0.2) is 0 Å². The van der Waals surface area contributed by atoms with E-state index in [9.17, 15) is 14.0 Å². The third-order valence-electron chi connectivity index (χ3n) is 6.09. The van der Waals surface area contributed by atoms with Crippen LogP contribution in [0.4, 0.5) is 14.9 Å². The van der Waals surface area contributed by atoms with Gasteiger partial charge in [-0.15, -0.1) is 0 Å². The molecule has 3 amide bonds. The second kappa shape index (κ2) is 10.9. The summed E-state index contributed by atoms with van der Waals surface area (Å²) in [6.07, 6.45) is 3.40. The summed E-state index contributed by atoms with van der Waals surface area (Å²) in [6.45, 7) is 5.71. The molecule has 184 valence electrons. The van der Waals surface area contributed by atoms with Crippen molar-refractivity contribution in [2.45, 2.75) is 32.6 Å². The number of rotatable bonds is 6. The van der Waals surface area contributed by atoms with Crippen LogP contribution in [-0.2, 0) is 0 Å². The minimum absolute atomic E-state index is 0.0529. The summed E-state index contributed by atoms with van der Waals surface area (Å²) in [7, 11) is 0. The van der Waals surface area contributed by atoms with Crippen LogP contribution in [0.1, 0.15) is 48.7 Å². The molecule has 0 aliphatic carbocycles. The number of amides is 3. The molecule has 1 aliphatic heterocycles. The molecule has 7 nitrogen and oxygen atoms in total. The number of nitrogens with one attached hydrogen (secondary N) is 2. The molecule has 1 saturated heterocycles. The lowest BCUT2D eigenvalue weighted by atomic mass is 9.96. The number of benzene rings is 2. The van der Waals surface area contributed by atoms with Crippen molar-refractivity contribution in [1.82, 2.24) is 20.0 Å². The van der Waals surface area contributed by atoms with Gasteiger partial charge in [-0.1, -0.05) is 31.5 Å². The van der Waals surface area contributed by atoms with Crippen molar-refractivity contribution < 1.29 is 14.0 Å². The molecule has 1 fully saturated rings. The molecule has 35 heavy (non-hydrogen) atoms. The standard InChI is InChI=1S/C26H29ClFN5O2/c1-17(2)24-23(15-30-33(24)22-10-8-19(27)9-11-22)25(34)32-12-4-5-18(16-32)14-29-26(35)31-21-7-3-6-20(28)13-21/h3,6-11,13,15,17-18H,4-5,12,14,16H2,1-2H3,(H2,29,31,35). The largest absolute Gasteiger partial charge is 0.338 e. The molecule has 0 spiro atoms. The molecular weight excluding hydrogens is 469 g/mol. The number of anilines is 1. The highest BCUT2D eigenvalue weighted by Crippen LogP contribution is 2.27. The Morgan fingerprint density at radius 1 is 1.20 bits per heavy atom. The lowest BCUT2D eigenvalue weighted by molar-refractivity contribution is 0.0673. The second-order valence-electron chi connectivity index (χ2n) is 9.09. The van der Waals surface area contributed by atoms with Gasteiger partial charge < -0.3 is 15.5 Å². The molecule has 1 atom stereocenters. The first-order chi connectivity index (χ1) is 16.8. The first-order valence-corrected chi connectivity index (χ1v) is 12.1. The van der Waals surface area contributed by atoms with Gasteiger partial charge in [0.2, 0.25) is 0 Å². The number of carbonyl (C=O) groups excluding carboxylic acids is 2. The van der Waals surface area contributed by atoms with Gasteiger partial charge >= 0.3 is 6.03 Å². The van der Waals surface area contributed by atoms with Gasteiger partial charge in [-0.25, -0.2) is 13.9 Å². The minimum atomic E-state index is -0.413. The number of nitrogens with zero attached hydrogens (tertiary/aromatic N) is 3. The van der Waals surface area contributed by atoms with Gasteiger partial charge in [0.05, 0.1) is 23.1 Å². The van der Waals surface area contributed by atoms with Gasteiger partial charge in [0.1, 0.15) is 5.82 Å². The van der Waals surface area contributed by atoms with E-state index in [0.717, 1.165) is 24.2 Å². The highest BCUT2D eigenvalue weighted by atomic mass is 35.5. The number of hydrogen-bond donors (Lipinski definition) is 2. The number of urea groups is 1. The maximum absolute atomic E-state index is 13.5. The Bertz CT molecular complexity index is 1190. The van der Waals surface area contributed by atoms with Crippen molar-refractivity contribution in [3.05, 3.63) is 76.8 Å². The summed E-state index contributed by atoms with van der Waals surface area (Å²) in [5.41, 5.74) is 2.68. The number of aromatic nitrogens is 2. The molecule has 1 aromatic heterocycles. The van der Waals surface area contributed by atoms with Crippen molar-refractivity contribution in [3.8, 4) is 5.69 Å². The van der Waals surface area contributed by atoms with E-state index in [-0.39, 0.29) is 17.7 Å². The van der Waals surface area contributed by atoms with Crippen LogP contribution in [0.5, 0.6) is 0 Å². The summed E-state index contributed by atoms with van der Waals surface area (Å²) in [5, 5.41) is 10.6. The van der Waals surface area contributed by atoms with E-state index >= 15 is 0 Å². The molecule has 0 radical (unpaired) electrons. The van der Waals surface area contributed by atoms with Gasteiger partial charge in [-0.05, 0) is 67.1 Å². The monoisotopic (exact) mass is 497 g/mol. The Morgan fingerprint density at radius 2 is 1.97 bits per heavy atom. The molecule has 3 aromatic rings. The van der Waals surface area contributed by atoms with Crippen molar-refractivity contribution in [2.75, 3.05) is 25.0 Å². The van der Waals surface area contributed by atoms with Crippen molar-refractivity contribution in [3.63, 3.8) is 0 Å². The van der Waals surface area contributed by atoms with E-state index in [1.807, 2.05) is 30.9 Å². The fraction of sp³-hybridized carbons (Fsp3) is 0.346. The highest BCUT2D eigenvalue weighted by Gasteiger charge is 2.29. The zero-order chi connectivity index (χ0) is 24.9. The van der Waals surface area contributed by atoms with Crippen LogP contribution in [0.3, 0.4) is 0 Å². The van der Waals surface area contributed by atoms with E-state index in [2.05, 4.69) is 15.7 Å². The molecular formula is C26H29ClFN5O2. The van der Waals surface area contributed by atoms with Crippen molar-refractivity contribution in [2.24, 2.45) is 5.92 Å². The summed E-state index contributed by atoms with van der Waals surface area (Å²) < 4.78 is 15.1. The molecule has 9 heteroatoms.